The zero-order valence-corrected chi connectivity index (χ0v) is 34.5. The summed E-state index contributed by atoms with van der Waals surface area (Å²) < 4.78 is 17.8. The van der Waals surface area contributed by atoms with Gasteiger partial charge in [-0.05, 0) is 115 Å². The van der Waals surface area contributed by atoms with Crippen LogP contribution in [0, 0.1) is 53.3 Å². The normalized spacial score (nSPS) is 12.6. The number of benzene rings is 2. The van der Waals surface area contributed by atoms with Gasteiger partial charge in [0.1, 0.15) is 11.5 Å². The van der Waals surface area contributed by atoms with Gasteiger partial charge in [-0.3, -0.25) is 0 Å². The lowest BCUT2D eigenvalue weighted by atomic mass is 10.0. The molecule has 0 aliphatic heterocycles. The number of esters is 1. The lowest BCUT2D eigenvalue weighted by Crippen LogP contribution is -2.16. The highest BCUT2D eigenvalue weighted by atomic mass is 32.1. The molecule has 0 bridgehead atoms. The van der Waals surface area contributed by atoms with Crippen molar-refractivity contribution in [1.29, 1.82) is 0 Å². The van der Waals surface area contributed by atoms with E-state index in [1.54, 1.807) is 30.4 Å². The van der Waals surface area contributed by atoms with Gasteiger partial charge >= 0.3 is 5.97 Å². The Kier molecular flexibility index (Phi) is 15.9. The molecule has 0 spiro atoms. The lowest BCUT2D eigenvalue weighted by Gasteiger charge is -2.15. The Bertz CT molecular complexity index is 2340. The van der Waals surface area contributed by atoms with Gasteiger partial charge in [0.25, 0.3) is 0 Å². The average molecular weight is 779 g/mol. The quantitative estimate of drug-likeness (QED) is 0.0623. The van der Waals surface area contributed by atoms with E-state index in [-0.39, 0.29) is 11.9 Å². The third-order valence-electron chi connectivity index (χ3n) is 8.08. The number of nitrogens with zero attached hydrogens (tertiary/aromatic N) is 2. The minimum atomic E-state index is -0.339. The second-order valence-electron chi connectivity index (χ2n) is 13.4. The second kappa shape index (κ2) is 21.4. The molecule has 0 saturated carbocycles. The van der Waals surface area contributed by atoms with Crippen molar-refractivity contribution in [2.75, 3.05) is 61.1 Å². The van der Waals surface area contributed by atoms with Crippen LogP contribution in [0.3, 0.4) is 0 Å². The van der Waals surface area contributed by atoms with Gasteiger partial charge in [0.05, 0.1) is 61.9 Å². The molecule has 1 unspecified atom stereocenters. The van der Waals surface area contributed by atoms with Crippen molar-refractivity contribution in [3.63, 3.8) is 0 Å². The maximum atomic E-state index is 12.0. The van der Waals surface area contributed by atoms with Crippen LogP contribution in [0.25, 0.3) is 0 Å². The predicted octanol–water partition coefficient (Wildman–Crippen LogP) is 8.49. The van der Waals surface area contributed by atoms with Crippen LogP contribution in [0.4, 0.5) is 0 Å². The van der Waals surface area contributed by atoms with Crippen molar-refractivity contribution in [3.05, 3.63) is 132 Å². The number of hydrogen-bond donors (Lipinski definition) is 0. The third kappa shape index (κ3) is 13.6. The first kappa shape index (κ1) is 41.5. The van der Waals surface area contributed by atoms with Crippen LogP contribution in [0.1, 0.15) is 73.2 Å². The lowest BCUT2D eigenvalue weighted by molar-refractivity contribution is 0.0526. The molecule has 2 aromatic heterocycles. The Balaban J connectivity index is 1.40. The maximum absolute atomic E-state index is 12.0. The number of thiophene rings is 2. The van der Waals surface area contributed by atoms with Gasteiger partial charge in [-0.1, -0.05) is 59.5 Å². The molecule has 2 heterocycles. The first-order valence-corrected chi connectivity index (χ1v) is 20.2. The van der Waals surface area contributed by atoms with Crippen molar-refractivity contribution in [2.24, 2.45) is 5.92 Å². The minimum absolute atomic E-state index is 0.0609. The second-order valence-corrected chi connectivity index (χ2v) is 15.5. The summed E-state index contributed by atoms with van der Waals surface area (Å²) in [5.41, 5.74) is 7.13. The van der Waals surface area contributed by atoms with E-state index in [2.05, 4.69) is 103 Å². The Hall–Kier alpha value is -5.67. The highest BCUT2D eigenvalue weighted by molar-refractivity contribution is 7.13. The molecule has 6 nitrogen and oxygen atoms in total. The van der Waals surface area contributed by atoms with E-state index in [0.717, 1.165) is 67.7 Å². The number of carbonyl (C=O) groups is 1. The zero-order chi connectivity index (χ0) is 39.7. The van der Waals surface area contributed by atoms with Crippen LogP contribution in [-0.2, 0) is 4.74 Å². The van der Waals surface area contributed by atoms with Gasteiger partial charge in [-0.25, -0.2) is 4.79 Å². The first-order chi connectivity index (χ1) is 27.1. The smallest absolute Gasteiger partial charge is 0.338 e. The largest absolute Gasteiger partial charge is 0.492 e. The fourth-order valence-electron chi connectivity index (χ4n) is 5.18. The molecule has 0 saturated heterocycles. The van der Waals surface area contributed by atoms with Crippen LogP contribution in [0.15, 0.2) is 90.2 Å². The van der Waals surface area contributed by atoms with Gasteiger partial charge in [-0.2, -0.15) is 0 Å². The maximum Gasteiger partial charge on any atom is 0.338 e. The molecule has 1 aliphatic carbocycles. The van der Waals surface area contributed by atoms with Crippen molar-refractivity contribution in [1.82, 2.24) is 9.80 Å². The van der Waals surface area contributed by atoms with Crippen LogP contribution in [0.5, 0.6) is 11.5 Å². The molecule has 1 aliphatic rings. The summed E-state index contributed by atoms with van der Waals surface area (Å²) in [5.74, 6) is 27.4. The van der Waals surface area contributed by atoms with Crippen molar-refractivity contribution >= 4 is 28.6 Å². The van der Waals surface area contributed by atoms with Gasteiger partial charge in [0, 0.05) is 30.8 Å². The molecule has 1 atom stereocenters. The summed E-state index contributed by atoms with van der Waals surface area (Å²) >= 11 is 3.09. The van der Waals surface area contributed by atoms with E-state index in [4.69, 9.17) is 14.2 Å². The van der Waals surface area contributed by atoms with Crippen LogP contribution in [0.2, 0.25) is 0 Å². The van der Waals surface area contributed by atoms with E-state index in [0.29, 0.717) is 36.9 Å². The Morgan fingerprint density at radius 2 is 1.23 bits per heavy atom. The van der Waals surface area contributed by atoms with Crippen LogP contribution < -0.4 is 9.47 Å². The molecule has 0 radical (unpaired) electrons. The molecule has 56 heavy (non-hydrogen) atoms. The number of ether oxygens (including phenoxy) is 3. The molecule has 0 amide bonds. The molecular weight excluding hydrogens is 733 g/mol. The molecular formula is C48H46N2O4S2. The summed E-state index contributed by atoms with van der Waals surface area (Å²) in [6.07, 6.45) is 7.87. The van der Waals surface area contributed by atoms with Crippen LogP contribution >= 0.6 is 22.7 Å². The fourth-order valence-corrected chi connectivity index (χ4v) is 6.61. The summed E-state index contributed by atoms with van der Waals surface area (Å²) in [6, 6.07) is 19.0. The number of hydrogen-bond acceptors (Lipinski definition) is 8. The SMILES string of the molecule is CCOC(=O)c1ccc(C#Cc2ccc(C#Cc3cc(OCCCN(C)C)c(C#Cc4ccc(C#CC5C=C=C(C)C=C5)s4)cc3OCCCN(C)C)s2)cc1. The Labute approximate surface area is 340 Å². The number of rotatable bonds is 12. The molecule has 5 rings (SSSR count). The Morgan fingerprint density at radius 3 is 1.71 bits per heavy atom. The molecule has 4 aromatic rings. The average Bonchev–Trinajstić information content (AvgIpc) is 3.85. The molecule has 284 valence electrons. The zero-order valence-electron chi connectivity index (χ0n) is 32.9. The molecule has 0 fully saturated rings. The van der Waals surface area contributed by atoms with E-state index in [9.17, 15) is 4.79 Å². The van der Waals surface area contributed by atoms with E-state index in [1.807, 2.05) is 61.5 Å². The summed E-state index contributed by atoms with van der Waals surface area (Å²) in [6.45, 7) is 7.05. The van der Waals surface area contributed by atoms with Crippen molar-refractivity contribution in [3.8, 4) is 58.9 Å². The number of allylic oxidation sites excluding steroid dienone is 3. The highest BCUT2D eigenvalue weighted by Gasteiger charge is 2.12. The summed E-state index contributed by atoms with van der Waals surface area (Å²) in [4.78, 5) is 19.9. The fraction of sp³-hybridized carbons (Fsp3) is 0.292. The molecule has 2 aromatic carbocycles. The monoisotopic (exact) mass is 778 g/mol. The predicted molar refractivity (Wildman–Crippen MR) is 230 cm³/mol. The summed E-state index contributed by atoms with van der Waals surface area (Å²) in [5, 5.41) is 0. The van der Waals surface area contributed by atoms with E-state index >= 15 is 0 Å². The third-order valence-corrected chi connectivity index (χ3v) is 9.91. The van der Waals surface area contributed by atoms with Gasteiger partial charge in [0.15, 0.2) is 0 Å². The number of carbonyl (C=O) groups excluding carboxylic acids is 1. The standard InChI is InChI=1S/C48H46N2O4S2/c1-7-52-48(51)39-18-14-38(15-19-39)17-23-43-27-29-45(56-43)25-21-41-35-46(53-32-8-30-49(3)4)40(34-47(41)54-33-9-31-50(5)6)20-24-44-28-26-42(55-44)22-16-37-12-10-36(2)11-13-37/h10,12-15,18-19,26-29,34-35,37H,7-9,30-33H2,1-6H3. The van der Waals surface area contributed by atoms with Gasteiger partial charge in [0.2, 0.25) is 0 Å². The minimum Gasteiger partial charge on any atom is -0.492 e. The van der Waals surface area contributed by atoms with Crippen LogP contribution in [-0.4, -0.2) is 76.9 Å². The van der Waals surface area contributed by atoms with E-state index < -0.39 is 0 Å². The first-order valence-electron chi connectivity index (χ1n) is 18.5. The topological polar surface area (TPSA) is 51.2 Å². The van der Waals surface area contributed by atoms with Crippen molar-refractivity contribution < 1.29 is 19.0 Å². The summed E-state index contributed by atoms with van der Waals surface area (Å²) in [7, 11) is 8.22. The van der Waals surface area contributed by atoms with E-state index in [1.165, 1.54) is 11.3 Å². The van der Waals surface area contributed by atoms with Gasteiger partial charge in [-0.15, -0.1) is 28.4 Å². The highest BCUT2D eigenvalue weighted by Crippen LogP contribution is 2.30. The van der Waals surface area contributed by atoms with Gasteiger partial charge < -0.3 is 24.0 Å². The van der Waals surface area contributed by atoms with Crippen molar-refractivity contribution in [2.45, 2.75) is 26.7 Å². The molecule has 8 heteroatoms. The Morgan fingerprint density at radius 1 is 0.714 bits per heavy atom. The molecule has 0 N–H and O–H groups in total.